The van der Waals surface area contributed by atoms with Crippen molar-refractivity contribution in [2.24, 2.45) is 0 Å². The van der Waals surface area contributed by atoms with Crippen LogP contribution in [-0.4, -0.2) is 0 Å². The normalized spacial score (nSPS) is 6.00. The Morgan fingerprint density at radius 3 is 1.50 bits per heavy atom. The minimum atomic E-state index is 0. The Labute approximate surface area is 60.2 Å². The Hall–Kier alpha value is -0.301. The summed E-state index contributed by atoms with van der Waals surface area (Å²) in [6, 6.07) is 12.5. The van der Waals surface area contributed by atoms with Crippen LogP contribution in [0.15, 0.2) is 30.3 Å². The molecule has 2 N–H and O–H groups in total. The maximum Gasteiger partial charge on any atom is 2.00 e. The predicted octanol–water partition coefficient (Wildman–Crippen LogP) is 2.20. The first-order valence-corrected chi connectivity index (χ1v) is 1.91. The van der Waals surface area contributed by atoms with Crippen molar-refractivity contribution < 1.29 is 17.1 Å². The van der Waals surface area contributed by atoms with Gasteiger partial charge in [-0.25, -0.2) is 0 Å². The summed E-state index contributed by atoms with van der Waals surface area (Å²) < 4.78 is 0. The molecule has 1 aromatic carbocycles. The van der Waals surface area contributed by atoms with E-state index in [1.165, 1.54) is 0 Å². The molecule has 0 aliphatic rings. The number of benzene rings is 1. The number of hydrogen-bond donors (Lipinski definition) is 0. The second-order valence-corrected chi connectivity index (χ2v) is 1.08. The molecule has 0 spiro atoms. The molecule has 0 heterocycles. The molecule has 0 aliphatic carbocycles. The quantitative estimate of drug-likeness (QED) is 0.400. The molecule has 0 aromatic heterocycles. The van der Waals surface area contributed by atoms with Crippen LogP contribution in [0.5, 0.6) is 0 Å². The average Bonchev–Trinajstić information content (AvgIpc) is 1.72. The van der Waals surface area contributed by atoms with E-state index in [1.54, 1.807) is 0 Å². The smallest absolute Gasteiger partial charge is 0.693 e. The summed E-state index contributed by atoms with van der Waals surface area (Å²) in [6.45, 7) is 0. The van der Waals surface area contributed by atoms with E-state index in [0.29, 0.717) is 0 Å². The molecular formula is C6H7FeN. The van der Waals surface area contributed by atoms with E-state index in [-0.39, 0.29) is 23.2 Å². The van der Waals surface area contributed by atoms with Crippen LogP contribution in [0, 0.1) is 6.07 Å². The first-order chi connectivity index (χ1) is 3.00. The van der Waals surface area contributed by atoms with Gasteiger partial charge in [0.1, 0.15) is 0 Å². The standard InChI is InChI=1S/C6H5.Fe.H2N/c1-2-4-6-5-3-1;;/h1-5H;;1H2/q-1;+2;-1. The minimum Gasteiger partial charge on any atom is -0.693 e. The molecular weight excluding hydrogens is 142 g/mol. The van der Waals surface area contributed by atoms with Crippen molar-refractivity contribution >= 4 is 0 Å². The average molecular weight is 149 g/mol. The van der Waals surface area contributed by atoms with Crippen LogP contribution in [0.1, 0.15) is 0 Å². The van der Waals surface area contributed by atoms with Gasteiger partial charge in [0.25, 0.3) is 0 Å². The molecule has 0 saturated heterocycles. The van der Waals surface area contributed by atoms with Crippen LogP contribution in [0.3, 0.4) is 0 Å². The van der Waals surface area contributed by atoms with Crippen molar-refractivity contribution in [3.63, 3.8) is 0 Å². The monoisotopic (exact) mass is 149 g/mol. The minimum absolute atomic E-state index is 0. The summed E-state index contributed by atoms with van der Waals surface area (Å²) >= 11 is 0. The third-order valence-electron chi connectivity index (χ3n) is 0.607. The van der Waals surface area contributed by atoms with Crippen LogP contribution in [0.25, 0.3) is 6.15 Å². The summed E-state index contributed by atoms with van der Waals surface area (Å²) in [5, 5.41) is 0. The van der Waals surface area contributed by atoms with Crippen LogP contribution in [-0.2, 0) is 17.1 Å². The Kier molecular flexibility index (Phi) is 8.91. The van der Waals surface area contributed by atoms with Gasteiger partial charge in [-0.2, -0.15) is 36.4 Å². The third-order valence-corrected chi connectivity index (χ3v) is 0.607. The number of hydrogen-bond acceptors (Lipinski definition) is 0. The third kappa shape index (κ3) is 3.87. The van der Waals surface area contributed by atoms with Crippen molar-refractivity contribution in [3.8, 4) is 0 Å². The van der Waals surface area contributed by atoms with E-state index in [9.17, 15) is 0 Å². The first kappa shape index (κ1) is 10.6. The molecule has 0 saturated carbocycles. The van der Waals surface area contributed by atoms with E-state index < -0.39 is 0 Å². The van der Waals surface area contributed by atoms with Crippen molar-refractivity contribution in [1.82, 2.24) is 0 Å². The van der Waals surface area contributed by atoms with E-state index in [4.69, 9.17) is 0 Å². The molecule has 0 atom stereocenters. The maximum atomic E-state index is 2.89. The fourth-order valence-corrected chi connectivity index (χ4v) is 0.342. The molecule has 0 unspecified atom stereocenters. The van der Waals surface area contributed by atoms with Gasteiger partial charge in [-0.05, 0) is 0 Å². The van der Waals surface area contributed by atoms with Crippen LogP contribution < -0.4 is 0 Å². The topological polar surface area (TPSA) is 33.5 Å². The zero-order valence-corrected chi connectivity index (χ0v) is 5.42. The summed E-state index contributed by atoms with van der Waals surface area (Å²) in [5.41, 5.74) is 0. The second kappa shape index (κ2) is 6.70. The Balaban J connectivity index is 0. The van der Waals surface area contributed by atoms with Crippen LogP contribution >= 0.6 is 0 Å². The Morgan fingerprint density at radius 1 is 0.875 bits per heavy atom. The Morgan fingerprint density at radius 2 is 1.38 bits per heavy atom. The van der Waals surface area contributed by atoms with Gasteiger partial charge in [-0.3, -0.25) is 0 Å². The van der Waals surface area contributed by atoms with E-state index in [0.717, 1.165) is 0 Å². The molecule has 0 aliphatic heterocycles. The fraction of sp³-hybridized carbons (Fsp3) is 0. The number of nitrogens with two attached hydrogens (primary N) is 1. The molecule has 2 heteroatoms. The zero-order chi connectivity index (χ0) is 4.24. The van der Waals surface area contributed by atoms with Gasteiger partial charge >= 0.3 is 17.1 Å². The molecule has 8 heavy (non-hydrogen) atoms. The fourth-order valence-electron chi connectivity index (χ4n) is 0.342. The van der Waals surface area contributed by atoms with Gasteiger partial charge < -0.3 is 6.15 Å². The Bertz CT molecular complexity index is 80.5. The molecule has 1 aromatic rings. The van der Waals surface area contributed by atoms with Crippen molar-refractivity contribution in [2.45, 2.75) is 0 Å². The van der Waals surface area contributed by atoms with E-state index in [2.05, 4.69) is 6.07 Å². The molecule has 0 radical (unpaired) electrons. The molecule has 0 bridgehead atoms. The number of rotatable bonds is 0. The van der Waals surface area contributed by atoms with Gasteiger partial charge in [0.15, 0.2) is 0 Å². The van der Waals surface area contributed by atoms with Crippen molar-refractivity contribution in [1.29, 1.82) is 0 Å². The predicted molar refractivity (Wildman–Crippen MR) is 30.6 cm³/mol. The van der Waals surface area contributed by atoms with Crippen LogP contribution in [0.4, 0.5) is 0 Å². The SMILES string of the molecule is [Fe+2].[NH2-].[c-]1ccccc1. The first-order valence-electron chi connectivity index (χ1n) is 1.91. The van der Waals surface area contributed by atoms with Gasteiger partial charge in [0, 0.05) is 0 Å². The van der Waals surface area contributed by atoms with Gasteiger partial charge in [0.05, 0.1) is 0 Å². The molecule has 44 valence electrons. The van der Waals surface area contributed by atoms with Gasteiger partial charge in [0.2, 0.25) is 0 Å². The van der Waals surface area contributed by atoms with Gasteiger partial charge in [-0.15, -0.1) is 0 Å². The summed E-state index contributed by atoms with van der Waals surface area (Å²) in [6.07, 6.45) is 0. The summed E-state index contributed by atoms with van der Waals surface area (Å²) in [7, 11) is 0. The molecule has 1 nitrogen and oxygen atoms in total. The van der Waals surface area contributed by atoms with Crippen molar-refractivity contribution in [2.75, 3.05) is 0 Å². The largest absolute Gasteiger partial charge is 2.00 e. The van der Waals surface area contributed by atoms with Crippen LogP contribution in [0.2, 0.25) is 0 Å². The van der Waals surface area contributed by atoms with E-state index in [1.807, 2.05) is 30.3 Å². The molecule has 0 fully saturated rings. The maximum absolute atomic E-state index is 2.89. The molecule has 0 amide bonds. The second-order valence-electron chi connectivity index (χ2n) is 1.08. The van der Waals surface area contributed by atoms with Gasteiger partial charge in [-0.1, -0.05) is 0 Å². The van der Waals surface area contributed by atoms with E-state index >= 15 is 0 Å². The zero-order valence-electron chi connectivity index (χ0n) is 4.32. The van der Waals surface area contributed by atoms with Crippen molar-refractivity contribution in [3.05, 3.63) is 42.5 Å². The summed E-state index contributed by atoms with van der Waals surface area (Å²) in [5.74, 6) is 0. The summed E-state index contributed by atoms with van der Waals surface area (Å²) in [4.78, 5) is 0. The molecule has 1 rings (SSSR count).